The third-order valence-corrected chi connectivity index (χ3v) is 4.45. The van der Waals surface area contributed by atoms with E-state index in [-0.39, 0.29) is 24.4 Å². The minimum Gasteiger partial charge on any atom is -0.481 e. The predicted molar refractivity (Wildman–Crippen MR) is 66.8 cm³/mol. The standard InChI is InChI=1S/C13H22N2O3/c1-13(6-2-3-10(13)14)12(18)15-9(7-11(16)17)8-4-5-8/h8-10H,2-7,14H2,1H3,(H,15,18)(H,16,17). The average Bonchev–Trinajstić information content (AvgIpc) is 3.06. The number of nitrogens with two attached hydrogens (primary N) is 1. The smallest absolute Gasteiger partial charge is 0.305 e. The molecule has 0 aromatic heterocycles. The lowest BCUT2D eigenvalue weighted by atomic mass is 9.83. The Morgan fingerprint density at radius 3 is 2.56 bits per heavy atom. The minimum atomic E-state index is -0.854. The second kappa shape index (κ2) is 4.88. The number of carboxylic acids is 1. The van der Waals surface area contributed by atoms with Gasteiger partial charge in [-0.1, -0.05) is 6.42 Å². The van der Waals surface area contributed by atoms with Gasteiger partial charge in [0, 0.05) is 12.1 Å². The largest absolute Gasteiger partial charge is 0.481 e. The first-order chi connectivity index (χ1) is 8.43. The van der Waals surface area contributed by atoms with Crippen LogP contribution >= 0.6 is 0 Å². The molecule has 2 saturated carbocycles. The Balaban J connectivity index is 1.98. The van der Waals surface area contributed by atoms with Crippen LogP contribution in [0.3, 0.4) is 0 Å². The van der Waals surface area contributed by atoms with Crippen LogP contribution in [0.4, 0.5) is 0 Å². The van der Waals surface area contributed by atoms with Crippen LogP contribution in [0, 0.1) is 11.3 Å². The number of rotatable bonds is 5. The second-order valence-electron chi connectivity index (χ2n) is 5.93. The van der Waals surface area contributed by atoms with Gasteiger partial charge in [-0.3, -0.25) is 9.59 Å². The van der Waals surface area contributed by atoms with Gasteiger partial charge in [-0.15, -0.1) is 0 Å². The van der Waals surface area contributed by atoms with E-state index >= 15 is 0 Å². The predicted octanol–water partition coefficient (Wildman–Crippen LogP) is 0.873. The van der Waals surface area contributed by atoms with Crippen molar-refractivity contribution in [1.29, 1.82) is 0 Å². The molecular weight excluding hydrogens is 232 g/mol. The summed E-state index contributed by atoms with van der Waals surface area (Å²) in [4.78, 5) is 23.1. The summed E-state index contributed by atoms with van der Waals surface area (Å²) in [6.07, 6.45) is 4.68. The van der Waals surface area contributed by atoms with E-state index in [9.17, 15) is 9.59 Å². The van der Waals surface area contributed by atoms with Crippen LogP contribution in [-0.4, -0.2) is 29.1 Å². The molecule has 0 spiro atoms. The Bertz CT molecular complexity index is 354. The van der Waals surface area contributed by atoms with Gasteiger partial charge < -0.3 is 16.2 Å². The molecule has 0 aromatic carbocycles. The molecule has 2 aliphatic carbocycles. The summed E-state index contributed by atoms with van der Waals surface area (Å²) in [6, 6.07) is -0.332. The van der Waals surface area contributed by atoms with Crippen molar-refractivity contribution in [2.45, 2.75) is 57.5 Å². The molecule has 0 bridgehead atoms. The molecule has 2 rings (SSSR count). The van der Waals surface area contributed by atoms with Crippen molar-refractivity contribution in [3.63, 3.8) is 0 Å². The topological polar surface area (TPSA) is 92.4 Å². The summed E-state index contributed by atoms with van der Waals surface area (Å²) < 4.78 is 0. The molecular formula is C13H22N2O3. The fourth-order valence-corrected chi connectivity index (χ4v) is 2.83. The van der Waals surface area contributed by atoms with E-state index in [0.717, 1.165) is 32.1 Å². The summed E-state index contributed by atoms with van der Waals surface area (Å²) in [7, 11) is 0. The zero-order chi connectivity index (χ0) is 13.3. The maximum atomic E-state index is 12.3. The molecule has 3 unspecified atom stereocenters. The minimum absolute atomic E-state index is 0.0156. The van der Waals surface area contributed by atoms with Crippen molar-refractivity contribution >= 4 is 11.9 Å². The molecule has 0 aliphatic heterocycles. The van der Waals surface area contributed by atoms with Gasteiger partial charge in [-0.25, -0.2) is 0 Å². The molecule has 0 aromatic rings. The maximum Gasteiger partial charge on any atom is 0.305 e. The molecule has 3 atom stereocenters. The first kappa shape index (κ1) is 13.3. The summed E-state index contributed by atoms with van der Waals surface area (Å²) in [5, 5.41) is 11.8. The highest BCUT2D eigenvalue weighted by atomic mass is 16.4. The molecule has 0 radical (unpaired) electrons. The van der Waals surface area contributed by atoms with Gasteiger partial charge in [-0.2, -0.15) is 0 Å². The number of nitrogens with one attached hydrogen (secondary N) is 1. The number of aliphatic carboxylic acids is 1. The zero-order valence-corrected chi connectivity index (χ0v) is 10.8. The SMILES string of the molecule is CC1(C(=O)NC(CC(=O)O)C2CC2)CCCC1N. The van der Waals surface area contributed by atoms with E-state index in [1.54, 1.807) is 0 Å². The van der Waals surface area contributed by atoms with E-state index in [0.29, 0.717) is 5.92 Å². The number of amides is 1. The summed E-state index contributed by atoms with van der Waals surface area (Å²) in [5.41, 5.74) is 5.48. The number of hydrogen-bond donors (Lipinski definition) is 3. The molecule has 4 N–H and O–H groups in total. The lowest BCUT2D eigenvalue weighted by Gasteiger charge is -2.30. The monoisotopic (exact) mass is 254 g/mol. The van der Waals surface area contributed by atoms with Crippen molar-refractivity contribution in [2.75, 3.05) is 0 Å². The molecule has 102 valence electrons. The lowest BCUT2D eigenvalue weighted by molar-refractivity contribution is -0.138. The van der Waals surface area contributed by atoms with Crippen LogP contribution in [0.15, 0.2) is 0 Å². The molecule has 2 fully saturated rings. The van der Waals surface area contributed by atoms with Gasteiger partial charge in [0.15, 0.2) is 0 Å². The van der Waals surface area contributed by atoms with E-state index < -0.39 is 11.4 Å². The van der Waals surface area contributed by atoms with Crippen LogP contribution in [0.2, 0.25) is 0 Å². The highest BCUT2D eigenvalue weighted by molar-refractivity contribution is 5.84. The highest BCUT2D eigenvalue weighted by Crippen LogP contribution is 2.39. The van der Waals surface area contributed by atoms with Crippen molar-refractivity contribution in [3.8, 4) is 0 Å². The number of carbonyl (C=O) groups excluding carboxylic acids is 1. The fourth-order valence-electron chi connectivity index (χ4n) is 2.83. The molecule has 2 aliphatic rings. The van der Waals surface area contributed by atoms with Gasteiger partial charge in [0.25, 0.3) is 0 Å². The molecule has 1 amide bonds. The highest BCUT2D eigenvalue weighted by Gasteiger charge is 2.45. The van der Waals surface area contributed by atoms with Crippen LogP contribution in [0.5, 0.6) is 0 Å². The van der Waals surface area contributed by atoms with Crippen molar-refractivity contribution < 1.29 is 14.7 Å². The third-order valence-electron chi connectivity index (χ3n) is 4.45. The molecule has 18 heavy (non-hydrogen) atoms. The number of carboxylic acid groups (broad SMARTS) is 1. The van der Waals surface area contributed by atoms with Crippen LogP contribution in [-0.2, 0) is 9.59 Å². The van der Waals surface area contributed by atoms with Crippen molar-refractivity contribution in [2.24, 2.45) is 17.1 Å². The maximum absolute atomic E-state index is 12.3. The number of hydrogen-bond acceptors (Lipinski definition) is 3. The van der Waals surface area contributed by atoms with Gasteiger partial charge >= 0.3 is 5.97 Å². The molecule has 5 nitrogen and oxygen atoms in total. The Kier molecular flexibility index (Phi) is 3.61. The Labute approximate surface area is 107 Å². The number of carbonyl (C=O) groups is 2. The van der Waals surface area contributed by atoms with Gasteiger partial charge in [-0.05, 0) is 38.5 Å². The van der Waals surface area contributed by atoms with Crippen LogP contribution < -0.4 is 11.1 Å². The van der Waals surface area contributed by atoms with Crippen molar-refractivity contribution in [1.82, 2.24) is 5.32 Å². The first-order valence-corrected chi connectivity index (χ1v) is 6.72. The van der Waals surface area contributed by atoms with Gasteiger partial charge in [0.2, 0.25) is 5.91 Å². The van der Waals surface area contributed by atoms with E-state index in [4.69, 9.17) is 10.8 Å². The second-order valence-corrected chi connectivity index (χ2v) is 5.93. The first-order valence-electron chi connectivity index (χ1n) is 6.72. The van der Waals surface area contributed by atoms with Crippen LogP contribution in [0.25, 0.3) is 0 Å². The average molecular weight is 254 g/mol. The lowest BCUT2D eigenvalue weighted by Crippen LogP contribution is -2.51. The van der Waals surface area contributed by atoms with E-state index in [2.05, 4.69) is 5.32 Å². The fraction of sp³-hybridized carbons (Fsp3) is 0.846. The molecule has 5 heteroatoms. The van der Waals surface area contributed by atoms with Gasteiger partial charge in [0.05, 0.1) is 11.8 Å². The normalized spacial score (nSPS) is 33.1. The van der Waals surface area contributed by atoms with Crippen molar-refractivity contribution in [3.05, 3.63) is 0 Å². The van der Waals surface area contributed by atoms with E-state index in [1.807, 2.05) is 6.92 Å². The Hall–Kier alpha value is -1.10. The summed E-state index contributed by atoms with van der Waals surface area (Å²) >= 11 is 0. The Morgan fingerprint density at radius 1 is 1.44 bits per heavy atom. The summed E-state index contributed by atoms with van der Waals surface area (Å²) in [6.45, 7) is 1.89. The van der Waals surface area contributed by atoms with Crippen LogP contribution in [0.1, 0.15) is 45.4 Å². The molecule has 0 heterocycles. The molecule has 0 saturated heterocycles. The third kappa shape index (κ3) is 2.66. The summed E-state index contributed by atoms with van der Waals surface area (Å²) in [5.74, 6) is -0.579. The quantitative estimate of drug-likeness (QED) is 0.679. The Morgan fingerprint density at radius 2 is 2.11 bits per heavy atom. The van der Waals surface area contributed by atoms with E-state index in [1.165, 1.54) is 0 Å². The zero-order valence-electron chi connectivity index (χ0n) is 10.8. The van der Waals surface area contributed by atoms with Gasteiger partial charge in [0.1, 0.15) is 0 Å².